The van der Waals surface area contributed by atoms with Crippen molar-refractivity contribution in [1.29, 1.82) is 0 Å². The molecule has 3 aromatic rings. The maximum atomic E-state index is 12.0. The van der Waals surface area contributed by atoms with Crippen LogP contribution in [0.1, 0.15) is 5.01 Å². The molecule has 1 aliphatic heterocycles. The largest absolute Gasteiger partial charge is 0.486 e. The molecule has 0 saturated heterocycles. The van der Waals surface area contributed by atoms with Gasteiger partial charge in [0.05, 0.1) is 16.8 Å². The van der Waals surface area contributed by atoms with Crippen LogP contribution in [0, 0.1) is 0 Å². The number of carbonyl (C=O) groups excluding carboxylic acids is 1. The fourth-order valence-corrected chi connectivity index (χ4v) is 3.42. The maximum absolute atomic E-state index is 12.0. The molecule has 6 heteroatoms. The summed E-state index contributed by atoms with van der Waals surface area (Å²) in [5.74, 6) is 1.26. The van der Waals surface area contributed by atoms with Gasteiger partial charge in [0.2, 0.25) is 5.91 Å². The number of hydrogen-bond donors (Lipinski definition) is 1. The highest BCUT2D eigenvalue weighted by Crippen LogP contribution is 2.30. The van der Waals surface area contributed by atoms with Crippen molar-refractivity contribution in [3.8, 4) is 11.5 Å². The molecular formula is C19H16N2O3S. The number of hydrogen-bond acceptors (Lipinski definition) is 5. The number of carbonyl (C=O) groups is 1. The third-order valence-corrected chi connectivity index (χ3v) is 4.76. The Hall–Kier alpha value is -2.86. The molecule has 1 N–H and O–H groups in total. The molecule has 0 bridgehead atoms. The van der Waals surface area contributed by atoms with Crippen LogP contribution in [-0.2, 0) is 4.79 Å². The van der Waals surface area contributed by atoms with Crippen molar-refractivity contribution < 1.29 is 14.3 Å². The summed E-state index contributed by atoms with van der Waals surface area (Å²) in [5.41, 5.74) is 0.943. The van der Waals surface area contributed by atoms with Crippen LogP contribution in [0.15, 0.2) is 54.6 Å². The first kappa shape index (κ1) is 15.7. The Labute approximate surface area is 148 Å². The number of nitrogens with one attached hydrogen (secondary N) is 1. The van der Waals surface area contributed by atoms with Crippen LogP contribution >= 0.6 is 11.3 Å². The topological polar surface area (TPSA) is 60.5 Å². The summed E-state index contributed by atoms with van der Waals surface area (Å²) in [4.78, 5) is 16.5. The highest BCUT2D eigenvalue weighted by molar-refractivity contribution is 7.19. The number of para-hydroxylation sites is 3. The molecule has 0 aliphatic carbocycles. The molecule has 0 radical (unpaired) electrons. The van der Waals surface area contributed by atoms with Gasteiger partial charge in [0.15, 0.2) is 11.5 Å². The predicted molar refractivity (Wildman–Crippen MR) is 98.0 cm³/mol. The van der Waals surface area contributed by atoms with Gasteiger partial charge in [-0.3, -0.25) is 4.79 Å². The maximum Gasteiger partial charge on any atom is 0.244 e. The summed E-state index contributed by atoms with van der Waals surface area (Å²) in [6, 6.07) is 15.4. The third-order valence-electron chi connectivity index (χ3n) is 3.76. The van der Waals surface area contributed by atoms with Gasteiger partial charge < -0.3 is 14.8 Å². The second-order valence-corrected chi connectivity index (χ2v) is 6.66. The second kappa shape index (κ2) is 6.94. The van der Waals surface area contributed by atoms with Crippen LogP contribution in [0.25, 0.3) is 16.3 Å². The van der Waals surface area contributed by atoms with Gasteiger partial charge in [-0.15, -0.1) is 11.3 Å². The molecule has 126 valence electrons. The van der Waals surface area contributed by atoms with Crippen LogP contribution < -0.4 is 14.8 Å². The van der Waals surface area contributed by atoms with Gasteiger partial charge in [0, 0.05) is 6.08 Å². The van der Waals surface area contributed by atoms with Crippen LogP contribution in [0.4, 0.5) is 0 Å². The van der Waals surface area contributed by atoms with Crippen LogP contribution in [0.2, 0.25) is 0 Å². The number of nitrogens with zero attached hydrogens (tertiary/aromatic N) is 1. The summed E-state index contributed by atoms with van der Waals surface area (Å²) < 4.78 is 12.5. The third kappa shape index (κ3) is 3.64. The van der Waals surface area contributed by atoms with Gasteiger partial charge in [-0.2, -0.15) is 0 Å². The van der Waals surface area contributed by atoms with E-state index in [9.17, 15) is 4.79 Å². The average Bonchev–Trinajstić information content (AvgIpc) is 3.07. The highest BCUT2D eigenvalue weighted by Gasteiger charge is 2.20. The molecule has 2 aromatic carbocycles. The van der Waals surface area contributed by atoms with E-state index in [1.54, 1.807) is 17.4 Å². The molecular weight excluding hydrogens is 336 g/mol. The zero-order chi connectivity index (χ0) is 17.1. The lowest BCUT2D eigenvalue weighted by molar-refractivity contribution is -0.116. The van der Waals surface area contributed by atoms with Gasteiger partial charge in [-0.05, 0) is 30.3 Å². The summed E-state index contributed by atoms with van der Waals surface area (Å²) in [5, 5.41) is 3.64. The quantitative estimate of drug-likeness (QED) is 0.732. The molecule has 1 amide bonds. The normalized spacial score (nSPS) is 16.2. The lowest BCUT2D eigenvalue weighted by Gasteiger charge is -2.26. The fourth-order valence-electron chi connectivity index (χ4n) is 2.55. The Morgan fingerprint density at radius 1 is 1.20 bits per heavy atom. The van der Waals surface area contributed by atoms with Gasteiger partial charge in [0.25, 0.3) is 0 Å². The molecule has 0 saturated carbocycles. The second-order valence-electron chi connectivity index (χ2n) is 5.60. The van der Waals surface area contributed by atoms with E-state index < -0.39 is 0 Å². The molecule has 1 aromatic heterocycles. The van der Waals surface area contributed by atoms with E-state index in [1.165, 1.54) is 6.08 Å². The molecule has 4 rings (SSSR count). The van der Waals surface area contributed by atoms with Crippen molar-refractivity contribution in [1.82, 2.24) is 10.3 Å². The SMILES string of the molecule is O=C(C=Cc1nc2ccccc2s1)NCC1COc2ccccc2O1. The minimum Gasteiger partial charge on any atom is -0.486 e. The van der Waals surface area contributed by atoms with E-state index in [1.807, 2.05) is 48.5 Å². The first-order chi connectivity index (χ1) is 12.3. The molecule has 0 spiro atoms. The Balaban J connectivity index is 1.32. The molecule has 1 aliphatic rings. The molecule has 0 fully saturated rings. The van der Waals surface area contributed by atoms with Crippen molar-refractivity contribution in [3.63, 3.8) is 0 Å². The number of amides is 1. The van der Waals surface area contributed by atoms with E-state index >= 15 is 0 Å². The zero-order valence-corrected chi connectivity index (χ0v) is 14.2. The first-order valence-corrected chi connectivity index (χ1v) is 8.79. The lowest BCUT2D eigenvalue weighted by Crippen LogP contribution is -2.40. The summed E-state index contributed by atoms with van der Waals surface area (Å²) in [6.45, 7) is 0.802. The zero-order valence-electron chi connectivity index (χ0n) is 13.3. The summed E-state index contributed by atoms with van der Waals surface area (Å²) in [6.07, 6.45) is 3.03. The van der Waals surface area contributed by atoms with E-state index in [0.29, 0.717) is 18.9 Å². The van der Waals surface area contributed by atoms with Gasteiger partial charge in [-0.25, -0.2) is 4.98 Å². The molecule has 25 heavy (non-hydrogen) atoms. The summed E-state index contributed by atoms with van der Waals surface area (Å²) in [7, 11) is 0. The predicted octanol–water partition coefficient (Wildman–Crippen LogP) is 3.27. The number of ether oxygens (including phenoxy) is 2. The van der Waals surface area contributed by atoms with Crippen molar-refractivity contribution in [3.05, 3.63) is 59.6 Å². The minimum absolute atomic E-state index is 0.179. The Morgan fingerprint density at radius 3 is 2.88 bits per heavy atom. The summed E-state index contributed by atoms with van der Waals surface area (Å²) >= 11 is 1.56. The van der Waals surface area contributed by atoms with Gasteiger partial charge in [0.1, 0.15) is 17.7 Å². The van der Waals surface area contributed by atoms with E-state index in [-0.39, 0.29) is 12.0 Å². The molecule has 2 heterocycles. The number of rotatable bonds is 4. The highest BCUT2D eigenvalue weighted by atomic mass is 32.1. The van der Waals surface area contributed by atoms with Gasteiger partial charge >= 0.3 is 0 Å². The smallest absolute Gasteiger partial charge is 0.244 e. The molecule has 1 unspecified atom stereocenters. The number of benzene rings is 2. The van der Waals surface area contributed by atoms with E-state index in [2.05, 4.69) is 10.3 Å². The monoisotopic (exact) mass is 352 g/mol. The van der Waals surface area contributed by atoms with E-state index in [4.69, 9.17) is 9.47 Å². The van der Waals surface area contributed by atoms with Crippen LogP contribution in [-0.4, -0.2) is 30.1 Å². The first-order valence-electron chi connectivity index (χ1n) is 7.98. The molecule has 1 atom stereocenters. The van der Waals surface area contributed by atoms with Crippen LogP contribution in [0.3, 0.4) is 0 Å². The minimum atomic E-state index is -0.199. The lowest BCUT2D eigenvalue weighted by atomic mass is 10.2. The van der Waals surface area contributed by atoms with Crippen molar-refractivity contribution in [2.24, 2.45) is 0 Å². The number of aromatic nitrogens is 1. The van der Waals surface area contributed by atoms with Crippen molar-refractivity contribution in [2.45, 2.75) is 6.10 Å². The average molecular weight is 352 g/mol. The number of thiazole rings is 1. The van der Waals surface area contributed by atoms with E-state index in [0.717, 1.165) is 21.0 Å². The Morgan fingerprint density at radius 2 is 2.00 bits per heavy atom. The Kier molecular flexibility index (Phi) is 4.35. The fraction of sp³-hybridized carbons (Fsp3) is 0.158. The van der Waals surface area contributed by atoms with Crippen LogP contribution in [0.5, 0.6) is 11.5 Å². The standard InChI is InChI=1S/C19H16N2O3S/c22-18(9-10-19-21-14-5-1-4-8-17(14)25-19)20-11-13-12-23-15-6-2-3-7-16(15)24-13/h1-10,13H,11-12H2,(H,20,22). The molecule has 5 nitrogen and oxygen atoms in total. The van der Waals surface area contributed by atoms with Gasteiger partial charge in [-0.1, -0.05) is 24.3 Å². The van der Waals surface area contributed by atoms with Crippen molar-refractivity contribution >= 4 is 33.5 Å². The Bertz CT molecular complexity index is 902. The number of fused-ring (bicyclic) bond motifs is 2. The van der Waals surface area contributed by atoms with Crippen molar-refractivity contribution in [2.75, 3.05) is 13.2 Å².